The van der Waals surface area contributed by atoms with Crippen LogP contribution in [0.5, 0.6) is 0 Å². The van der Waals surface area contributed by atoms with E-state index in [4.69, 9.17) is 0 Å². The van der Waals surface area contributed by atoms with Crippen molar-refractivity contribution in [3.63, 3.8) is 0 Å². The second-order valence-electron chi connectivity index (χ2n) is 7.45. The summed E-state index contributed by atoms with van der Waals surface area (Å²) in [7, 11) is 0. The highest BCUT2D eigenvalue weighted by atomic mass is 32.2. The molecule has 0 saturated carbocycles. The second-order valence-corrected chi connectivity index (χ2v) is 8.48. The minimum absolute atomic E-state index is 0.00659. The monoisotopic (exact) mass is 442 g/mol. The van der Waals surface area contributed by atoms with Gasteiger partial charge in [0.25, 0.3) is 0 Å². The van der Waals surface area contributed by atoms with Crippen molar-refractivity contribution < 1.29 is 18.8 Å². The molecule has 0 aromatic heterocycles. The van der Waals surface area contributed by atoms with Crippen LogP contribution in [0.1, 0.15) is 10.4 Å². The SMILES string of the molecule is O=Cc1cc(-c2ccccc2F)ccc1NC(=O)[C@@H]1CN(C(=O)[C@@H]2CSCN2)CCN1. The van der Waals surface area contributed by atoms with Gasteiger partial charge in [0.1, 0.15) is 11.9 Å². The van der Waals surface area contributed by atoms with E-state index in [1.807, 2.05) is 0 Å². The third kappa shape index (κ3) is 4.79. The van der Waals surface area contributed by atoms with Crippen molar-refractivity contribution in [1.29, 1.82) is 0 Å². The molecule has 4 rings (SSSR count). The Morgan fingerprint density at radius 3 is 2.74 bits per heavy atom. The summed E-state index contributed by atoms with van der Waals surface area (Å²) in [6.45, 7) is 1.32. The summed E-state index contributed by atoms with van der Waals surface area (Å²) in [5.41, 5.74) is 1.53. The highest BCUT2D eigenvalue weighted by molar-refractivity contribution is 7.99. The molecule has 2 aromatic rings. The van der Waals surface area contributed by atoms with Gasteiger partial charge in [0.15, 0.2) is 6.29 Å². The first-order chi connectivity index (χ1) is 15.1. The number of hydrogen-bond donors (Lipinski definition) is 3. The molecule has 2 saturated heterocycles. The van der Waals surface area contributed by atoms with Crippen molar-refractivity contribution in [2.75, 3.05) is 36.6 Å². The van der Waals surface area contributed by atoms with Gasteiger partial charge < -0.3 is 15.5 Å². The fourth-order valence-corrected chi connectivity index (χ4v) is 4.69. The Morgan fingerprint density at radius 1 is 1.16 bits per heavy atom. The van der Waals surface area contributed by atoms with E-state index < -0.39 is 6.04 Å². The van der Waals surface area contributed by atoms with Gasteiger partial charge in [0.2, 0.25) is 11.8 Å². The maximum atomic E-state index is 14.1. The molecule has 2 aromatic carbocycles. The topological polar surface area (TPSA) is 90.5 Å². The zero-order valence-corrected chi connectivity index (χ0v) is 17.6. The minimum Gasteiger partial charge on any atom is -0.338 e. The molecular formula is C22H23FN4O3S. The number of halogens is 1. The zero-order chi connectivity index (χ0) is 21.8. The van der Waals surface area contributed by atoms with Crippen LogP contribution in [0.4, 0.5) is 10.1 Å². The van der Waals surface area contributed by atoms with Gasteiger partial charge in [-0.15, -0.1) is 11.8 Å². The fraction of sp³-hybridized carbons (Fsp3) is 0.318. The lowest BCUT2D eigenvalue weighted by Crippen LogP contribution is -2.59. The predicted molar refractivity (Wildman–Crippen MR) is 118 cm³/mol. The van der Waals surface area contributed by atoms with Crippen LogP contribution >= 0.6 is 11.8 Å². The third-order valence-electron chi connectivity index (χ3n) is 5.44. The van der Waals surface area contributed by atoms with E-state index >= 15 is 0 Å². The lowest BCUT2D eigenvalue weighted by atomic mass is 10.0. The number of aldehydes is 1. The number of nitrogens with one attached hydrogen (secondary N) is 3. The molecule has 2 amide bonds. The number of piperazine rings is 1. The van der Waals surface area contributed by atoms with Gasteiger partial charge >= 0.3 is 0 Å². The highest BCUT2D eigenvalue weighted by Crippen LogP contribution is 2.26. The average Bonchev–Trinajstić information content (AvgIpc) is 3.34. The molecule has 7 nitrogen and oxygen atoms in total. The van der Waals surface area contributed by atoms with Gasteiger partial charge in [-0.3, -0.25) is 19.7 Å². The van der Waals surface area contributed by atoms with E-state index in [1.54, 1.807) is 53.1 Å². The Balaban J connectivity index is 1.45. The van der Waals surface area contributed by atoms with E-state index in [1.165, 1.54) is 6.07 Å². The maximum Gasteiger partial charge on any atom is 0.243 e. The van der Waals surface area contributed by atoms with Gasteiger partial charge in [0, 0.05) is 42.4 Å². The molecule has 0 radical (unpaired) electrons. The molecule has 9 heteroatoms. The van der Waals surface area contributed by atoms with Crippen molar-refractivity contribution in [3.05, 3.63) is 53.8 Å². The van der Waals surface area contributed by atoms with Gasteiger partial charge in [0.05, 0.1) is 11.7 Å². The van der Waals surface area contributed by atoms with Crippen LogP contribution in [-0.2, 0) is 9.59 Å². The van der Waals surface area contributed by atoms with Crippen LogP contribution in [0.2, 0.25) is 0 Å². The molecular weight excluding hydrogens is 419 g/mol. The number of amides is 2. The van der Waals surface area contributed by atoms with Crippen LogP contribution in [0.25, 0.3) is 11.1 Å². The summed E-state index contributed by atoms with van der Waals surface area (Å²) >= 11 is 1.68. The molecule has 0 aliphatic carbocycles. The maximum absolute atomic E-state index is 14.1. The summed E-state index contributed by atoms with van der Waals surface area (Å²) in [5.74, 6) is 0.781. The van der Waals surface area contributed by atoms with Crippen molar-refractivity contribution in [2.45, 2.75) is 12.1 Å². The summed E-state index contributed by atoms with van der Waals surface area (Å²) in [6, 6.07) is 10.3. The van der Waals surface area contributed by atoms with Crippen LogP contribution in [0.3, 0.4) is 0 Å². The second kappa shape index (κ2) is 9.59. The summed E-state index contributed by atoms with van der Waals surface area (Å²) in [5, 5.41) is 9.06. The first kappa shape index (κ1) is 21.5. The lowest BCUT2D eigenvalue weighted by Gasteiger charge is -2.34. The zero-order valence-electron chi connectivity index (χ0n) is 16.8. The molecule has 2 heterocycles. The van der Waals surface area contributed by atoms with Gasteiger partial charge in [-0.2, -0.15) is 0 Å². The molecule has 3 N–H and O–H groups in total. The molecule has 162 valence electrons. The average molecular weight is 443 g/mol. The lowest BCUT2D eigenvalue weighted by molar-refractivity contribution is -0.134. The van der Waals surface area contributed by atoms with Gasteiger partial charge in [-0.1, -0.05) is 24.3 Å². The normalized spacial score (nSPS) is 21.0. The van der Waals surface area contributed by atoms with Crippen molar-refractivity contribution in [1.82, 2.24) is 15.5 Å². The van der Waals surface area contributed by atoms with E-state index in [0.717, 1.165) is 11.6 Å². The number of benzene rings is 2. The van der Waals surface area contributed by atoms with Crippen LogP contribution in [-0.4, -0.2) is 66.3 Å². The molecule has 0 spiro atoms. The first-order valence-electron chi connectivity index (χ1n) is 10.0. The van der Waals surface area contributed by atoms with Crippen LogP contribution < -0.4 is 16.0 Å². The largest absolute Gasteiger partial charge is 0.338 e. The van der Waals surface area contributed by atoms with E-state index in [0.29, 0.717) is 36.2 Å². The number of rotatable bonds is 5. The molecule has 2 aliphatic heterocycles. The number of carbonyl (C=O) groups is 3. The van der Waals surface area contributed by atoms with Gasteiger partial charge in [-0.05, 0) is 23.8 Å². The molecule has 2 fully saturated rings. The Morgan fingerprint density at radius 2 is 2.00 bits per heavy atom. The Kier molecular flexibility index (Phi) is 6.64. The Labute approximate surface area is 183 Å². The number of thioether (sulfide) groups is 1. The summed E-state index contributed by atoms with van der Waals surface area (Å²) in [4.78, 5) is 38.8. The Hall–Kier alpha value is -2.75. The molecule has 31 heavy (non-hydrogen) atoms. The van der Waals surface area contributed by atoms with Crippen molar-refractivity contribution in [3.8, 4) is 11.1 Å². The van der Waals surface area contributed by atoms with Crippen molar-refractivity contribution in [2.24, 2.45) is 0 Å². The number of hydrogen-bond acceptors (Lipinski definition) is 6. The molecule has 2 atom stereocenters. The summed E-state index contributed by atoms with van der Waals surface area (Å²) in [6.07, 6.45) is 0.632. The van der Waals surface area contributed by atoms with Crippen LogP contribution in [0.15, 0.2) is 42.5 Å². The molecule has 2 aliphatic rings. The molecule has 0 unspecified atom stereocenters. The quantitative estimate of drug-likeness (QED) is 0.611. The van der Waals surface area contributed by atoms with Crippen LogP contribution in [0, 0.1) is 5.82 Å². The standard InChI is InChI=1S/C22H23FN4O3S/c23-17-4-2-1-3-16(17)14-5-6-18(15(9-14)11-28)26-21(29)19-10-27(8-7-24-19)22(30)20-12-31-13-25-20/h1-6,9,11,19-20,24-25H,7-8,10,12-13H2,(H,26,29)/t19-,20-/m0/s1. The number of carbonyl (C=O) groups excluding carboxylic acids is 3. The van der Waals surface area contributed by atoms with Gasteiger partial charge in [-0.25, -0.2) is 4.39 Å². The first-order valence-corrected chi connectivity index (χ1v) is 11.2. The van der Waals surface area contributed by atoms with E-state index in [9.17, 15) is 18.8 Å². The third-order valence-corrected chi connectivity index (χ3v) is 6.38. The predicted octanol–water partition coefficient (Wildman–Crippen LogP) is 1.71. The highest BCUT2D eigenvalue weighted by Gasteiger charge is 2.33. The van der Waals surface area contributed by atoms with E-state index in [-0.39, 0.29) is 35.8 Å². The smallest absolute Gasteiger partial charge is 0.243 e. The number of nitrogens with zero attached hydrogens (tertiary/aromatic N) is 1. The number of anilines is 1. The van der Waals surface area contributed by atoms with E-state index in [2.05, 4.69) is 16.0 Å². The summed E-state index contributed by atoms with van der Waals surface area (Å²) < 4.78 is 14.1. The van der Waals surface area contributed by atoms with Crippen molar-refractivity contribution >= 4 is 35.5 Å². The minimum atomic E-state index is -0.586. The molecule has 0 bridgehead atoms. The fourth-order valence-electron chi connectivity index (χ4n) is 3.76. The Bertz CT molecular complexity index is 996.